The van der Waals surface area contributed by atoms with Gasteiger partial charge in [-0.05, 0) is 116 Å². The summed E-state index contributed by atoms with van der Waals surface area (Å²) in [7, 11) is -3.55. The molecule has 4 rings (SSSR count). The molecule has 9 nitrogen and oxygen atoms in total. The fourth-order valence-corrected chi connectivity index (χ4v) is 7.41. The van der Waals surface area contributed by atoms with Crippen molar-refractivity contribution in [3.8, 4) is 5.75 Å². The summed E-state index contributed by atoms with van der Waals surface area (Å²) in [5.74, 6) is 1.61. The van der Waals surface area contributed by atoms with Crippen LogP contribution in [0, 0.1) is 6.92 Å². The number of hydrogen-bond donors (Lipinski definition) is 3. The minimum atomic E-state index is -3.55. The standard InChI is InChI=1S/C34H48ClN5O4S/c1-20(2)44-30-17-26(25-15-23(6)40(24(7)16-25)19-34(8,9)41)22(5)14-29(30)38-33-36-18-27(35)32(39-33)37-28-12-10-11-13-31(28)45(42,43)21(3)4/h10-14,17-18,20-21,23-25,41H,15-16,19H2,1-9H3,(H2,36,37,38,39)/t23-,24+,25?. The van der Waals surface area contributed by atoms with E-state index in [-0.39, 0.29) is 27.8 Å². The molecule has 45 heavy (non-hydrogen) atoms. The predicted molar refractivity (Wildman–Crippen MR) is 183 cm³/mol. The number of ether oxygens (including phenoxy) is 1. The summed E-state index contributed by atoms with van der Waals surface area (Å²) in [6.45, 7) is 18.3. The van der Waals surface area contributed by atoms with Crippen LogP contribution in [0.3, 0.4) is 0 Å². The summed E-state index contributed by atoms with van der Waals surface area (Å²) in [6.07, 6.45) is 3.39. The van der Waals surface area contributed by atoms with Crippen molar-refractivity contribution in [1.29, 1.82) is 0 Å². The Labute approximate surface area is 273 Å². The Morgan fingerprint density at radius 2 is 1.71 bits per heavy atom. The number of nitrogens with zero attached hydrogens (tertiary/aromatic N) is 3. The van der Waals surface area contributed by atoms with Gasteiger partial charge in [-0.1, -0.05) is 23.7 Å². The second-order valence-corrected chi connectivity index (χ2v) is 16.3. The van der Waals surface area contributed by atoms with E-state index in [9.17, 15) is 13.5 Å². The maximum atomic E-state index is 13.0. The molecule has 0 aliphatic carbocycles. The minimum absolute atomic E-state index is 0.0599. The van der Waals surface area contributed by atoms with E-state index in [0.29, 0.717) is 36.0 Å². The van der Waals surface area contributed by atoms with E-state index in [1.54, 1.807) is 38.1 Å². The molecule has 1 aliphatic heterocycles. The number of anilines is 4. The largest absolute Gasteiger partial charge is 0.489 e. The maximum absolute atomic E-state index is 13.0. The number of para-hydroxylation sites is 1. The second-order valence-electron chi connectivity index (χ2n) is 13.5. The quantitative estimate of drug-likeness (QED) is 0.191. The van der Waals surface area contributed by atoms with Gasteiger partial charge < -0.3 is 20.5 Å². The van der Waals surface area contributed by atoms with Crippen molar-refractivity contribution in [2.75, 3.05) is 17.2 Å². The molecular weight excluding hydrogens is 610 g/mol. The van der Waals surface area contributed by atoms with Gasteiger partial charge in [0, 0.05) is 18.6 Å². The molecule has 1 saturated heterocycles. The molecule has 1 fully saturated rings. The van der Waals surface area contributed by atoms with Crippen LogP contribution in [0.25, 0.3) is 0 Å². The first-order valence-corrected chi connectivity index (χ1v) is 17.6. The summed E-state index contributed by atoms with van der Waals surface area (Å²) >= 11 is 6.47. The Morgan fingerprint density at radius 1 is 1.07 bits per heavy atom. The van der Waals surface area contributed by atoms with Gasteiger partial charge in [-0.2, -0.15) is 4.98 Å². The van der Waals surface area contributed by atoms with Gasteiger partial charge in [-0.15, -0.1) is 0 Å². The number of aromatic nitrogens is 2. The van der Waals surface area contributed by atoms with Gasteiger partial charge in [0.15, 0.2) is 15.7 Å². The van der Waals surface area contributed by atoms with Crippen molar-refractivity contribution in [2.45, 2.75) is 115 Å². The molecule has 0 bridgehead atoms. The van der Waals surface area contributed by atoms with Crippen LogP contribution in [0.5, 0.6) is 5.75 Å². The maximum Gasteiger partial charge on any atom is 0.229 e. The first-order valence-electron chi connectivity index (χ1n) is 15.6. The third-order valence-electron chi connectivity index (χ3n) is 8.18. The van der Waals surface area contributed by atoms with E-state index in [1.165, 1.54) is 11.8 Å². The van der Waals surface area contributed by atoms with Crippen LogP contribution in [0.4, 0.5) is 23.1 Å². The molecule has 3 N–H and O–H groups in total. The van der Waals surface area contributed by atoms with Gasteiger partial charge >= 0.3 is 0 Å². The lowest BCUT2D eigenvalue weighted by Crippen LogP contribution is -2.51. The highest BCUT2D eigenvalue weighted by Crippen LogP contribution is 2.41. The molecule has 0 spiro atoms. The first-order chi connectivity index (χ1) is 21.0. The molecule has 2 heterocycles. The van der Waals surface area contributed by atoms with Crippen LogP contribution in [0.2, 0.25) is 5.02 Å². The Kier molecular flexibility index (Phi) is 10.7. The normalized spacial score (nSPS) is 19.6. The molecule has 1 aromatic heterocycles. The van der Waals surface area contributed by atoms with Crippen molar-refractivity contribution >= 4 is 44.6 Å². The van der Waals surface area contributed by atoms with Crippen LogP contribution in [0.15, 0.2) is 47.5 Å². The smallest absolute Gasteiger partial charge is 0.229 e. The lowest BCUT2D eigenvalue weighted by Gasteiger charge is -2.45. The highest BCUT2D eigenvalue weighted by molar-refractivity contribution is 7.92. The molecule has 3 atom stereocenters. The molecule has 0 radical (unpaired) electrons. The summed E-state index contributed by atoms with van der Waals surface area (Å²) in [6, 6.07) is 11.6. The average molecular weight is 658 g/mol. The third kappa shape index (κ3) is 8.47. The molecule has 1 unspecified atom stereocenters. The van der Waals surface area contributed by atoms with Gasteiger partial charge in [0.2, 0.25) is 5.95 Å². The predicted octanol–water partition coefficient (Wildman–Crippen LogP) is 7.62. The highest BCUT2D eigenvalue weighted by atomic mass is 35.5. The van der Waals surface area contributed by atoms with Crippen molar-refractivity contribution in [1.82, 2.24) is 14.9 Å². The molecule has 0 saturated carbocycles. The van der Waals surface area contributed by atoms with Crippen LogP contribution in [0.1, 0.15) is 85.3 Å². The van der Waals surface area contributed by atoms with Gasteiger partial charge in [-0.25, -0.2) is 13.4 Å². The number of β-amino-alcohol motifs (C(OH)–C–C–N with tert-alkyl or cyclic N) is 1. The zero-order valence-electron chi connectivity index (χ0n) is 27.8. The molecule has 11 heteroatoms. The van der Waals surface area contributed by atoms with Gasteiger partial charge in [0.05, 0.1) is 39.4 Å². The topological polar surface area (TPSA) is 117 Å². The average Bonchev–Trinajstić information content (AvgIpc) is 2.93. The van der Waals surface area contributed by atoms with Gasteiger partial charge in [0.25, 0.3) is 0 Å². The number of rotatable bonds is 11. The summed E-state index contributed by atoms with van der Waals surface area (Å²) in [5.41, 5.74) is 2.75. The zero-order chi connectivity index (χ0) is 33.3. The number of hydrogen-bond acceptors (Lipinski definition) is 9. The molecule has 246 valence electrons. The molecule has 2 aromatic carbocycles. The first kappa shape index (κ1) is 34.9. The molecule has 0 amide bonds. The SMILES string of the molecule is Cc1cc(Nc2ncc(Cl)c(Nc3ccccc3S(=O)(=O)C(C)C)n2)c(OC(C)C)cc1C1C[C@@H](C)N(CC(C)(C)O)[C@@H](C)C1. The van der Waals surface area contributed by atoms with E-state index in [2.05, 4.69) is 58.4 Å². The van der Waals surface area contributed by atoms with E-state index in [0.717, 1.165) is 24.1 Å². The number of aryl methyl sites for hydroxylation is 1. The van der Waals surface area contributed by atoms with Crippen LogP contribution in [-0.4, -0.2) is 64.0 Å². The third-order valence-corrected chi connectivity index (χ3v) is 10.7. The number of piperidine rings is 1. The van der Waals surface area contributed by atoms with Crippen molar-refractivity contribution in [3.63, 3.8) is 0 Å². The lowest BCUT2D eigenvalue weighted by molar-refractivity contribution is -0.0109. The zero-order valence-corrected chi connectivity index (χ0v) is 29.4. The van der Waals surface area contributed by atoms with Gasteiger partial charge in [0.1, 0.15) is 10.8 Å². The Hall–Kier alpha value is -2.92. The number of sulfone groups is 1. The summed E-state index contributed by atoms with van der Waals surface area (Å²) in [5, 5.41) is 16.6. The summed E-state index contributed by atoms with van der Waals surface area (Å²) < 4.78 is 32.3. The Morgan fingerprint density at radius 3 is 2.31 bits per heavy atom. The molecule has 3 aromatic rings. The fourth-order valence-electron chi connectivity index (χ4n) is 6.07. The Balaban J connectivity index is 1.63. The van der Waals surface area contributed by atoms with E-state index in [1.807, 2.05) is 27.7 Å². The van der Waals surface area contributed by atoms with E-state index in [4.69, 9.17) is 16.3 Å². The molecule has 1 aliphatic rings. The number of nitrogens with one attached hydrogen (secondary N) is 2. The van der Waals surface area contributed by atoms with Crippen LogP contribution < -0.4 is 15.4 Å². The van der Waals surface area contributed by atoms with Gasteiger partial charge in [-0.3, -0.25) is 4.90 Å². The minimum Gasteiger partial charge on any atom is -0.489 e. The summed E-state index contributed by atoms with van der Waals surface area (Å²) in [4.78, 5) is 11.6. The van der Waals surface area contributed by atoms with Crippen molar-refractivity contribution < 1.29 is 18.3 Å². The monoisotopic (exact) mass is 657 g/mol. The van der Waals surface area contributed by atoms with Crippen molar-refractivity contribution in [3.05, 3.63) is 58.7 Å². The molecular formula is C34H48ClN5O4S. The lowest BCUT2D eigenvalue weighted by atomic mass is 9.80. The Bertz CT molecular complexity index is 1590. The van der Waals surface area contributed by atoms with Crippen molar-refractivity contribution in [2.24, 2.45) is 0 Å². The van der Waals surface area contributed by atoms with Crippen LogP contribution >= 0.6 is 11.6 Å². The second kappa shape index (κ2) is 13.8. The number of likely N-dealkylation sites (tertiary alicyclic amines) is 1. The number of benzene rings is 2. The van der Waals surface area contributed by atoms with E-state index >= 15 is 0 Å². The highest BCUT2D eigenvalue weighted by Gasteiger charge is 2.35. The van der Waals surface area contributed by atoms with Crippen LogP contribution in [-0.2, 0) is 9.84 Å². The number of halogens is 1. The number of aliphatic hydroxyl groups is 1. The van der Waals surface area contributed by atoms with E-state index < -0.39 is 20.7 Å². The fraction of sp³-hybridized carbons (Fsp3) is 0.529.